The largest absolute Gasteiger partial charge is 0.350 e. The smallest absolute Gasteiger partial charge is 0.289 e. The van der Waals surface area contributed by atoms with Crippen LogP contribution in [0.3, 0.4) is 0 Å². The lowest BCUT2D eigenvalue weighted by molar-refractivity contribution is -0.129. The van der Waals surface area contributed by atoms with E-state index in [9.17, 15) is 14.4 Å². The third-order valence-electron chi connectivity index (χ3n) is 5.70. The molecule has 1 aliphatic heterocycles. The number of carbonyl (C=O) groups is 3. The highest BCUT2D eigenvalue weighted by atomic mass is 32.2. The monoisotopic (exact) mass is 408 g/mol. The highest BCUT2D eigenvalue weighted by molar-refractivity contribution is 8.14. The van der Waals surface area contributed by atoms with E-state index in [4.69, 9.17) is 0 Å². The lowest BCUT2D eigenvalue weighted by Gasteiger charge is -2.37. The van der Waals surface area contributed by atoms with Crippen molar-refractivity contribution in [2.24, 2.45) is 0 Å². The molecule has 5 nitrogen and oxygen atoms in total. The van der Waals surface area contributed by atoms with Gasteiger partial charge in [-0.3, -0.25) is 19.3 Å². The van der Waals surface area contributed by atoms with Gasteiger partial charge >= 0.3 is 0 Å². The molecule has 1 saturated heterocycles. The first-order valence-corrected chi connectivity index (χ1v) is 11.0. The summed E-state index contributed by atoms with van der Waals surface area (Å²) in [5, 5.41) is 3.00. The summed E-state index contributed by atoms with van der Waals surface area (Å²) in [6.45, 7) is 0. The predicted octanol–water partition coefficient (Wildman–Crippen LogP) is 3.94. The minimum atomic E-state index is -0.431. The second-order valence-electron chi connectivity index (χ2n) is 7.54. The fraction of sp³-hybridized carbons (Fsp3) is 0.348. The van der Waals surface area contributed by atoms with Gasteiger partial charge in [0, 0.05) is 6.04 Å². The molecular formula is C23H24N2O3S. The molecule has 2 aliphatic rings. The van der Waals surface area contributed by atoms with E-state index in [1.54, 1.807) is 0 Å². The van der Waals surface area contributed by atoms with Gasteiger partial charge in [0.25, 0.3) is 5.24 Å². The van der Waals surface area contributed by atoms with Crippen LogP contribution in [0.4, 0.5) is 4.79 Å². The Kier molecular flexibility index (Phi) is 6.00. The Bertz CT molecular complexity index is 832. The average Bonchev–Trinajstić information content (AvgIpc) is 3.08. The molecule has 29 heavy (non-hydrogen) atoms. The number of rotatable bonds is 5. The summed E-state index contributed by atoms with van der Waals surface area (Å²) in [5.41, 5.74) is 1.85. The maximum absolute atomic E-state index is 13.4. The van der Waals surface area contributed by atoms with Crippen LogP contribution in [0.15, 0.2) is 60.7 Å². The number of imide groups is 1. The third kappa shape index (κ3) is 4.22. The van der Waals surface area contributed by atoms with E-state index >= 15 is 0 Å². The third-order valence-corrected chi connectivity index (χ3v) is 6.54. The number of thioether (sulfide) groups is 1. The first-order chi connectivity index (χ1) is 14.1. The standard InChI is InChI=1S/C23H24N2O3S/c26-20-15-29-23(28)25(20)19-14-8-7-13-18(19)24-22(27)21(16-9-3-1-4-10-16)17-11-5-2-6-12-17/h1-6,9-12,18-19,21H,7-8,13-15H2,(H,24,27). The van der Waals surface area contributed by atoms with Gasteiger partial charge in [-0.25, -0.2) is 0 Å². The number of benzene rings is 2. The molecule has 0 spiro atoms. The fourth-order valence-corrected chi connectivity index (χ4v) is 5.09. The molecule has 2 aromatic carbocycles. The van der Waals surface area contributed by atoms with Gasteiger partial charge in [0.2, 0.25) is 11.8 Å². The van der Waals surface area contributed by atoms with Gasteiger partial charge in [-0.1, -0.05) is 85.3 Å². The van der Waals surface area contributed by atoms with Gasteiger partial charge in [-0.2, -0.15) is 0 Å². The van der Waals surface area contributed by atoms with E-state index in [1.165, 1.54) is 4.90 Å². The number of carbonyl (C=O) groups excluding carboxylic acids is 3. The zero-order valence-corrected chi connectivity index (χ0v) is 16.9. The van der Waals surface area contributed by atoms with Crippen LogP contribution in [-0.2, 0) is 9.59 Å². The van der Waals surface area contributed by atoms with Crippen molar-refractivity contribution in [1.29, 1.82) is 0 Å². The van der Waals surface area contributed by atoms with E-state index in [0.29, 0.717) is 0 Å². The van der Waals surface area contributed by atoms with Crippen molar-refractivity contribution in [2.75, 3.05) is 5.75 Å². The Morgan fingerprint density at radius 1 is 0.931 bits per heavy atom. The second-order valence-corrected chi connectivity index (χ2v) is 8.47. The number of nitrogens with one attached hydrogen (secondary N) is 1. The quantitative estimate of drug-likeness (QED) is 0.814. The van der Waals surface area contributed by atoms with Crippen molar-refractivity contribution in [3.05, 3.63) is 71.8 Å². The van der Waals surface area contributed by atoms with E-state index < -0.39 is 5.92 Å². The van der Waals surface area contributed by atoms with Gasteiger partial charge in [0.05, 0.1) is 17.7 Å². The zero-order chi connectivity index (χ0) is 20.2. The van der Waals surface area contributed by atoms with E-state index in [1.807, 2.05) is 60.7 Å². The van der Waals surface area contributed by atoms with Crippen LogP contribution >= 0.6 is 11.8 Å². The van der Waals surface area contributed by atoms with Gasteiger partial charge in [0.15, 0.2) is 0 Å². The molecule has 4 rings (SSSR count). The molecule has 1 N–H and O–H groups in total. The van der Waals surface area contributed by atoms with Crippen molar-refractivity contribution in [3.63, 3.8) is 0 Å². The van der Waals surface area contributed by atoms with Crippen molar-refractivity contribution in [3.8, 4) is 0 Å². The summed E-state index contributed by atoms with van der Waals surface area (Å²) in [5.74, 6) is -0.466. The normalized spacial score (nSPS) is 22.2. The number of hydrogen-bond acceptors (Lipinski definition) is 4. The first kappa shape index (κ1) is 19.7. The van der Waals surface area contributed by atoms with Crippen molar-refractivity contribution >= 4 is 28.8 Å². The van der Waals surface area contributed by atoms with E-state index in [2.05, 4.69) is 5.32 Å². The molecule has 2 aromatic rings. The van der Waals surface area contributed by atoms with Crippen molar-refractivity contribution < 1.29 is 14.4 Å². The van der Waals surface area contributed by atoms with Crippen LogP contribution in [0, 0.1) is 0 Å². The average molecular weight is 409 g/mol. The van der Waals surface area contributed by atoms with Crippen LogP contribution in [-0.4, -0.2) is 39.8 Å². The van der Waals surface area contributed by atoms with E-state index in [0.717, 1.165) is 48.6 Å². The van der Waals surface area contributed by atoms with Crippen LogP contribution in [0.25, 0.3) is 0 Å². The van der Waals surface area contributed by atoms with Crippen LogP contribution < -0.4 is 5.32 Å². The molecule has 6 heteroatoms. The molecule has 1 aliphatic carbocycles. The van der Waals surface area contributed by atoms with Crippen LogP contribution in [0.2, 0.25) is 0 Å². The Hall–Kier alpha value is -2.60. The van der Waals surface area contributed by atoms with Crippen molar-refractivity contribution in [1.82, 2.24) is 10.2 Å². The summed E-state index contributed by atoms with van der Waals surface area (Å²) in [4.78, 5) is 39.3. The molecule has 1 heterocycles. The highest BCUT2D eigenvalue weighted by Crippen LogP contribution is 2.31. The van der Waals surface area contributed by atoms with Gasteiger partial charge in [-0.15, -0.1) is 0 Å². The second kappa shape index (κ2) is 8.82. The minimum absolute atomic E-state index is 0.0916. The summed E-state index contributed by atoms with van der Waals surface area (Å²) >= 11 is 1.05. The van der Waals surface area contributed by atoms with Crippen LogP contribution in [0.1, 0.15) is 42.7 Å². The maximum Gasteiger partial charge on any atom is 0.289 e. The summed E-state index contributed by atoms with van der Waals surface area (Å²) in [7, 11) is 0. The first-order valence-electron chi connectivity index (χ1n) is 10.0. The molecule has 0 radical (unpaired) electrons. The van der Waals surface area contributed by atoms with E-state index in [-0.39, 0.29) is 34.9 Å². The molecule has 2 unspecified atom stereocenters. The molecule has 3 amide bonds. The molecular weight excluding hydrogens is 384 g/mol. The Morgan fingerprint density at radius 2 is 1.52 bits per heavy atom. The number of hydrogen-bond donors (Lipinski definition) is 1. The Labute approximate surface area is 174 Å². The zero-order valence-electron chi connectivity index (χ0n) is 16.1. The van der Waals surface area contributed by atoms with Gasteiger partial charge < -0.3 is 5.32 Å². The van der Waals surface area contributed by atoms with Gasteiger partial charge in [0.1, 0.15) is 0 Å². The molecule has 0 aromatic heterocycles. The Balaban J connectivity index is 1.59. The van der Waals surface area contributed by atoms with Crippen LogP contribution in [0.5, 0.6) is 0 Å². The number of nitrogens with zero attached hydrogens (tertiary/aromatic N) is 1. The summed E-state index contributed by atoms with van der Waals surface area (Å²) in [6, 6.07) is 19.0. The fourth-order valence-electron chi connectivity index (χ4n) is 4.33. The molecule has 0 bridgehead atoms. The molecule has 150 valence electrons. The summed E-state index contributed by atoms with van der Waals surface area (Å²) in [6.07, 6.45) is 3.45. The lowest BCUT2D eigenvalue weighted by Crippen LogP contribution is -2.55. The highest BCUT2D eigenvalue weighted by Gasteiger charge is 2.41. The van der Waals surface area contributed by atoms with Crippen molar-refractivity contribution in [2.45, 2.75) is 43.7 Å². The van der Waals surface area contributed by atoms with Gasteiger partial charge in [-0.05, 0) is 24.0 Å². The molecule has 1 saturated carbocycles. The lowest BCUT2D eigenvalue weighted by atomic mass is 9.86. The Morgan fingerprint density at radius 3 is 2.07 bits per heavy atom. The predicted molar refractivity (Wildman–Crippen MR) is 114 cm³/mol. The maximum atomic E-state index is 13.4. The number of amides is 3. The minimum Gasteiger partial charge on any atom is -0.350 e. The SMILES string of the molecule is O=C(NC1CCCCC1N1C(=O)CSC1=O)C(c1ccccc1)c1ccccc1. The molecule has 2 fully saturated rings. The summed E-state index contributed by atoms with van der Waals surface area (Å²) < 4.78 is 0. The molecule has 2 atom stereocenters. The topological polar surface area (TPSA) is 66.5 Å².